The van der Waals surface area contributed by atoms with Gasteiger partial charge in [0.05, 0.1) is 10.9 Å². The molecule has 1 aromatic rings. The molecule has 0 aliphatic carbocycles. The summed E-state index contributed by atoms with van der Waals surface area (Å²) in [5.74, 6) is -0.381. The summed E-state index contributed by atoms with van der Waals surface area (Å²) in [5.41, 5.74) is 0.864. The van der Waals surface area contributed by atoms with Crippen LogP contribution in [0.25, 0.3) is 0 Å². The van der Waals surface area contributed by atoms with Gasteiger partial charge < -0.3 is 10.6 Å². The van der Waals surface area contributed by atoms with Gasteiger partial charge in [0, 0.05) is 13.1 Å². The van der Waals surface area contributed by atoms with Gasteiger partial charge in [0.25, 0.3) is 0 Å². The monoisotopic (exact) mass is 299 g/mol. The molecule has 0 aliphatic heterocycles. The first-order valence-corrected chi connectivity index (χ1v) is 7.81. The molecular weight excluding hydrogens is 278 g/mol. The van der Waals surface area contributed by atoms with Crippen LogP contribution in [0.5, 0.6) is 0 Å². The molecule has 6 nitrogen and oxygen atoms in total. The van der Waals surface area contributed by atoms with Gasteiger partial charge in [-0.15, -0.1) is 0 Å². The fourth-order valence-electron chi connectivity index (χ4n) is 1.69. The van der Waals surface area contributed by atoms with Gasteiger partial charge >= 0.3 is 0 Å². The van der Waals surface area contributed by atoms with Crippen molar-refractivity contribution < 1.29 is 13.2 Å². The number of nitrogens with one attached hydrogen (secondary N) is 3. The molecule has 0 saturated carbocycles. The highest BCUT2D eigenvalue weighted by Gasteiger charge is 2.21. The summed E-state index contributed by atoms with van der Waals surface area (Å²) in [7, 11) is -0.453. The minimum atomic E-state index is -3.72. The molecule has 1 rings (SSSR count). The summed E-state index contributed by atoms with van der Waals surface area (Å²) in [4.78, 5) is 11.5. The van der Waals surface area contributed by atoms with Gasteiger partial charge in [0.15, 0.2) is 0 Å². The third kappa shape index (κ3) is 4.03. The number of sulfonamides is 1. The van der Waals surface area contributed by atoms with Crippen molar-refractivity contribution in [3.63, 3.8) is 0 Å². The maximum atomic E-state index is 12.2. The quantitative estimate of drug-likeness (QED) is 0.709. The van der Waals surface area contributed by atoms with Crippen molar-refractivity contribution in [2.45, 2.75) is 30.8 Å². The van der Waals surface area contributed by atoms with Gasteiger partial charge in [-0.05, 0) is 38.6 Å². The lowest BCUT2D eigenvalue weighted by molar-refractivity contribution is -0.121. The van der Waals surface area contributed by atoms with E-state index in [0.717, 1.165) is 5.56 Å². The second kappa shape index (κ2) is 6.83. The topological polar surface area (TPSA) is 87.3 Å². The fraction of sp³-hybridized carbons (Fsp3) is 0.462. The number of amides is 1. The molecule has 112 valence electrons. The predicted molar refractivity (Wildman–Crippen MR) is 77.8 cm³/mol. The van der Waals surface area contributed by atoms with Crippen molar-refractivity contribution in [1.29, 1.82) is 0 Å². The van der Waals surface area contributed by atoms with Crippen LogP contribution >= 0.6 is 0 Å². The van der Waals surface area contributed by atoms with Crippen LogP contribution in [0.15, 0.2) is 29.2 Å². The van der Waals surface area contributed by atoms with E-state index in [9.17, 15) is 13.2 Å². The smallest absolute Gasteiger partial charge is 0.241 e. The third-order valence-electron chi connectivity index (χ3n) is 3.07. The zero-order valence-electron chi connectivity index (χ0n) is 12.1. The summed E-state index contributed by atoms with van der Waals surface area (Å²) in [6, 6.07) is 5.85. The van der Waals surface area contributed by atoms with Crippen LogP contribution in [-0.2, 0) is 14.8 Å². The SMILES string of the molecule is CNC(=O)C(C)NS(=O)(=O)c1cccc(C(C)NC)c1. The van der Waals surface area contributed by atoms with Crippen molar-refractivity contribution in [3.8, 4) is 0 Å². The number of carbonyl (C=O) groups is 1. The lowest BCUT2D eigenvalue weighted by Gasteiger charge is -2.15. The molecule has 0 spiro atoms. The van der Waals surface area contributed by atoms with Crippen molar-refractivity contribution >= 4 is 15.9 Å². The van der Waals surface area contributed by atoms with Crippen LogP contribution in [0, 0.1) is 0 Å². The summed E-state index contributed by atoms with van der Waals surface area (Å²) < 4.78 is 26.8. The van der Waals surface area contributed by atoms with Crippen LogP contribution in [0.4, 0.5) is 0 Å². The van der Waals surface area contributed by atoms with E-state index >= 15 is 0 Å². The Morgan fingerprint density at radius 2 is 1.85 bits per heavy atom. The van der Waals surface area contributed by atoms with Crippen LogP contribution in [0.1, 0.15) is 25.5 Å². The molecule has 0 bridgehead atoms. The molecule has 0 radical (unpaired) electrons. The fourth-order valence-corrected chi connectivity index (χ4v) is 2.95. The highest BCUT2D eigenvalue weighted by Crippen LogP contribution is 2.17. The first-order valence-electron chi connectivity index (χ1n) is 6.33. The van der Waals surface area contributed by atoms with E-state index in [0.29, 0.717) is 0 Å². The van der Waals surface area contributed by atoms with Crippen molar-refractivity contribution in [3.05, 3.63) is 29.8 Å². The molecule has 0 saturated heterocycles. The highest BCUT2D eigenvalue weighted by molar-refractivity contribution is 7.89. The largest absolute Gasteiger partial charge is 0.358 e. The van der Waals surface area contributed by atoms with Gasteiger partial charge in [-0.1, -0.05) is 12.1 Å². The molecular formula is C13H21N3O3S. The van der Waals surface area contributed by atoms with Crippen LogP contribution in [0.2, 0.25) is 0 Å². The number of benzene rings is 1. The number of carbonyl (C=O) groups excluding carboxylic acids is 1. The summed E-state index contributed by atoms with van der Waals surface area (Å²) in [5, 5.41) is 5.45. The Balaban J connectivity index is 3.01. The molecule has 2 unspecified atom stereocenters. The lowest BCUT2D eigenvalue weighted by atomic mass is 10.1. The zero-order valence-corrected chi connectivity index (χ0v) is 12.9. The van der Waals surface area contributed by atoms with Crippen LogP contribution < -0.4 is 15.4 Å². The number of hydrogen-bond donors (Lipinski definition) is 3. The van der Waals surface area contributed by atoms with Crippen molar-refractivity contribution in [1.82, 2.24) is 15.4 Å². The minimum absolute atomic E-state index is 0.0431. The Labute approximate surface area is 120 Å². The summed E-state index contributed by atoms with van der Waals surface area (Å²) in [6.07, 6.45) is 0. The highest BCUT2D eigenvalue weighted by atomic mass is 32.2. The van der Waals surface area contributed by atoms with E-state index in [-0.39, 0.29) is 16.8 Å². The maximum Gasteiger partial charge on any atom is 0.241 e. The normalized spacial score (nSPS) is 14.6. The molecule has 0 heterocycles. The van der Waals surface area contributed by atoms with Crippen molar-refractivity contribution in [2.24, 2.45) is 0 Å². The van der Waals surface area contributed by atoms with E-state index in [1.807, 2.05) is 13.0 Å². The first-order chi connectivity index (χ1) is 9.31. The van der Waals surface area contributed by atoms with Crippen LogP contribution in [-0.4, -0.2) is 34.5 Å². The van der Waals surface area contributed by atoms with Gasteiger partial charge in [-0.2, -0.15) is 4.72 Å². The molecule has 2 atom stereocenters. The number of hydrogen-bond acceptors (Lipinski definition) is 4. The van der Waals surface area contributed by atoms with Crippen LogP contribution in [0.3, 0.4) is 0 Å². The van der Waals surface area contributed by atoms with Crippen molar-refractivity contribution in [2.75, 3.05) is 14.1 Å². The van der Waals surface area contributed by atoms with Gasteiger partial charge in [0.2, 0.25) is 15.9 Å². The van der Waals surface area contributed by atoms with E-state index in [2.05, 4.69) is 15.4 Å². The van der Waals surface area contributed by atoms with E-state index < -0.39 is 16.1 Å². The molecule has 0 fully saturated rings. The number of likely N-dealkylation sites (N-methyl/N-ethyl adjacent to an activating group) is 1. The molecule has 1 amide bonds. The Morgan fingerprint density at radius 1 is 1.20 bits per heavy atom. The second-order valence-electron chi connectivity index (χ2n) is 4.54. The second-order valence-corrected chi connectivity index (χ2v) is 6.25. The maximum absolute atomic E-state index is 12.2. The molecule has 1 aromatic carbocycles. The average Bonchev–Trinajstić information content (AvgIpc) is 2.45. The van der Waals surface area contributed by atoms with Gasteiger partial charge in [-0.25, -0.2) is 8.42 Å². The zero-order chi connectivity index (χ0) is 15.3. The van der Waals surface area contributed by atoms with E-state index in [1.165, 1.54) is 20.0 Å². The Morgan fingerprint density at radius 3 is 2.40 bits per heavy atom. The first kappa shape index (κ1) is 16.6. The van der Waals surface area contributed by atoms with Gasteiger partial charge in [-0.3, -0.25) is 4.79 Å². The third-order valence-corrected chi connectivity index (χ3v) is 4.61. The molecule has 7 heteroatoms. The minimum Gasteiger partial charge on any atom is -0.358 e. The molecule has 0 aromatic heterocycles. The Hall–Kier alpha value is -1.44. The summed E-state index contributed by atoms with van der Waals surface area (Å²) >= 11 is 0. The average molecular weight is 299 g/mol. The Kier molecular flexibility index (Phi) is 5.67. The molecule has 0 aliphatic rings. The molecule has 20 heavy (non-hydrogen) atoms. The van der Waals surface area contributed by atoms with Gasteiger partial charge in [0.1, 0.15) is 0 Å². The molecule has 3 N–H and O–H groups in total. The number of rotatable bonds is 6. The Bertz CT molecular complexity index is 572. The van der Waals surface area contributed by atoms with E-state index in [4.69, 9.17) is 0 Å². The standard InChI is InChI=1S/C13H21N3O3S/c1-9(14-3)11-6-5-7-12(8-11)20(18,19)16-10(2)13(17)15-4/h5-10,14,16H,1-4H3,(H,15,17). The predicted octanol–water partition coefficient (Wildman–Crippen LogP) is 0.380. The van der Waals surface area contributed by atoms with E-state index in [1.54, 1.807) is 19.2 Å². The lowest BCUT2D eigenvalue weighted by Crippen LogP contribution is -2.43. The summed E-state index contributed by atoms with van der Waals surface area (Å²) in [6.45, 7) is 3.43.